The van der Waals surface area contributed by atoms with E-state index in [4.69, 9.17) is 15.7 Å². The predicted octanol–water partition coefficient (Wildman–Crippen LogP) is 5.77. The number of nitriles is 1. The van der Waals surface area contributed by atoms with Gasteiger partial charge in [-0.25, -0.2) is 28.8 Å². The number of carbonyl (C=O) groups is 1. The van der Waals surface area contributed by atoms with E-state index >= 15 is 0 Å². The Labute approximate surface area is 234 Å². The van der Waals surface area contributed by atoms with Gasteiger partial charge in [0.25, 0.3) is 0 Å². The van der Waals surface area contributed by atoms with Gasteiger partial charge in [0.2, 0.25) is 0 Å². The van der Waals surface area contributed by atoms with Gasteiger partial charge < -0.3 is 21.1 Å². The molecule has 3 aromatic heterocycles. The standard InChI is InChI=1S/C27H17F4N9O2/c28-18-8-21(24(33)34-11-18)16-1-4-20(5-2-16)42-26-35-12-19(13-36-26)38-25(41)39-22-7-17(27(29,30)31)3-6-23(22)40-14-15(9-32)10-37-40/h1-8,10-14H,(H2,33,34)(H2,38,39,41). The molecule has 3 heterocycles. The zero-order chi connectivity index (χ0) is 29.9. The molecule has 11 nitrogen and oxygen atoms in total. The number of halogens is 4. The number of pyridine rings is 1. The van der Waals surface area contributed by atoms with E-state index < -0.39 is 23.6 Å². The van der Waals surface area contributed by atoms with Gasteiger partial charge in [0.05, 0.1) is 53.0 Å². The lowest BCUT2D eigenvalue weighted by Crippen LogP contribution is -2.21. The minimum absolute atomic E-state index is 0.0622. The van der Waals surface area contributed by atoms with Crippen LogP contribution in [0.3, 0.4) is 0 Å². The van der Waals surface area contributed by atoms with E-state index in [9.17, 15) is 22.4 Å². The molecular weight excluding hydrogens is 558 g/mol. The van der Waals surface area contributed by atoms with Gasteiger partial charge >= 0.3 is 18.2 Å². The van der Waals surface area contributed by atoms with E-state index in [1.165, 1.54) is 35.5 Å². The Bertz CT molecular complexity index is 1800. The normalized spacial score (nSPS) is 11.0. The van der Waals surface area contributed by atoms with Crippen LogP contribution in [0, 0.1) is 17.1 Å². The minimum Gasteiger partial charge on any atom is -0.424 e. The molecule has 0 radical (unpaired) electrons. The number of nitrogens with zero attached hydrogens (tertiary/aromatic N) is 6. The summed E-state index contributed by atoms with van der Waals surface area (Å²) in [5.41, 5.74) is 6.02. The van der Waals surface area contributed by atoms with Crippen LogP contribution < -0.4 is 21.1 Å². The fourth-order valence-corrected chi connectivity index (χ4v) is 3.73. The summed E-state index contributed by atoms with van der Waals surface area (Å²) in [4.78, 5) is 24.5. The molecule has 0 atom stereocenters. The van der Waals surface area contributed by atoms with Gasteiger partial charge in [0.1, 0.15) is 23.5 Å². The van der Waals surface area contributed by atoms with Gasteiger partial charge in [-0.1, -0.05) is 12.1 Å². The summed E-state index contributed by atoms with van der Waals surface area (Å²) in [5.74, 6) is -0.00705. The number of nitrogens with two attached hydrogens (primary N) is 1. The molecule has 0 saturated carbocycles. The largest absolute Gasteiger partial charge is 0.424 e. The van der Waals surface area contributed by atoms with Crippen molar-refractivity contribution < 1.29 is 27.1 Å². The monoisotopic (exact) mass is 575 g/mol. The first-order chi connectivity index (χ1) is 20.1. The van der Waals surface area contributed by atoms with Gasteiger partial charge in [0.15, 0.2) is 0 Å². The first-order valence-electron chi connectivity index (χ1n) is 11.8. The first-order valence-corrected chi connectivity index (χ1v) is 11.8. The molecule has 0 aliphatic carbocycles. The fourth-order valence-electron chi connectivity index (χ4n) is 3.73. The topological polar surface area (TPSA) is 157 Å². The third-order valence-electron chi connectivity index (χ3n) is 5.68. The lowest BCUT2D eigenvalue weighted by atomic mass is 10.1. The number of benzene rings is 2. The molecule has 42 heavy (non-hydrogen) atoms. The number of alkyl halides is 3. The van der Waals surface area contributed by atoms with Crippen LogP contribution in [0.4, 0.5) is 39.5 Å². The average Bonchev–Trinajstić information content (AvgIpc) is 3.44. The van der Waals surface area contributed by atoms with Crippen molar-refractivity contribution in [1.29, 1.82) is 5.26 Å². The Kier molecular flexibility index (Phi) is 7.35. The number of anilines is 3. The lowest BCUT2D eigenvalue weighted by Gasteiger charge is -2.15. The van der Waals surface area contributed by atoms with Gasteiger partial charge in [0, 0.05) is 11.8 Å². The number of rotatable bonds is 6. The summed E-state index contributed by atoms with van der Waals surface area (Å²) in [6.45, 7) is 0. The molecule has 0 spiro atoms. The number of hydrogen-bond donors (Lipinski definition) is 3. The smallest absolute Gasteiger partial charge is 0.416 e. The molecular formula is C27H17F4N9O2. The molecule has 2 aromatic carbocycles. The van der Waals surface area contributed by atoms with E-state index in [2.05, 4.69) is 30.7 Å². The first kappa shape index (κ1) is 27.5. The van der Waals surface area contributed by atoms with E-state index in [0.717, 1.165) is 24.4 Å². The van der Waals surface area contributed by atoms with Gasteiger partial charge in [-0.05, 0) is 42.0 Å². The summed E-state index contributed by atoms with van der Waals surface area (Å²) in [5, 5.41) is 17.8. The molecule has 4 N–H and O–H groups in total. The lowest BCUT2D eigenvalue weighted by molar-refractivity contribution is -0.137. The second kappa shape index (κ2) is 11.2. The molecule has 0 fully saturated rings. The highest BCUT2D eigenvalue weighted by Gasteiger charge is 2.31. The number of aromatic nitrogens is 5. The molecule has 0 saturated heterocycles. The summed E-state index contributed by atoms with van der Waals surface area (Å²) in [6.07, 6.45) is 1.35. The molecule has 0 aliphatic heterocycles. The number of carbonyl (C=O) groups excluding carboxylic acids is 1. The zero-order valence-corrected chi connectivity index (χ0v) is 21.1. The summed E-state index contributed by atoms with van der Waals surface area (Å²) in [7, 11) is 0. The number of nitrogen functional groups attached to an aromatic ring is 1. The van der Waals surface area contributed by atoms with Crippen LogP contribution in [-0.4, -0.2) is 30.8 Å². The Morgan fingerprint density at radius 1 is 0.976 bits per heavy atom. The van der Waals surface area contributed by atoms with E-state index in [1.54, 1.807) is 24.3 Å². The predicted molar refractivity (Wildman–Crippen MR) is 142 cm³/mol. The molecule has 5 aromatic rings. The summed E-state index contributed by atoms with van der Waals surface area (Å²) >= 11 is 0. The SMILES string of the molecule is N#Cc1cnn(-c2ccc(C(F)(F)F)cc2NC(=O)Nc2cnc(Oc3ccc(-c4cc(F)cnc4N)cc3)nc2)c1. The van der Waals surface area contributed by atoms with Crippen molar-refractivity contribution in [1.82, 2.24) is 24.7 Å². The summed E-state index contributed by atoms with van der Waals surface area (Å²) in [6, 6.07) is 11.4. The van der Waals surface area contributed by atoms with Crippen molar-refractivity contribution in [3.05, 3.63) is 96.5 Å². The molecule has 210 valence electrons. The molecule has 2 amide bonds. The van der Waals surface area contributed by atoms with Crippen LogP contribution in [0.25, 0.3) is 16.8 Å². The van der Waals surface area contributed by atoms with Crippen molar-refractivity contribution in [3.8, 4) is 34.6 Å². The molecule has 0 unspecified atom stereocenters. The van der Waals surface area contributed by atoms with Crippen LogP contribution in [0.15, 0.2) is 79.5 Å². The number of urea groups is 1. The Hall–Kier alpha value is -6.04. The highest BCUT2D eigenvalue weighted by molar-refractivity contribution is 6.00. The van der Waals surface area contributed by atoms with Crippen LogP contribution in [0.2, 0.25) is 0 Å². The van der Waals surface area contributed by atoms with Crippen molar-refractivity contribution in [2.75, 3.05) is 16.4 Å². The van der Waals surface area contributed by atoms with E-state index in [1.807, 2.05) is 6.07 Å². The number of hydrogen-bond acceptors (Lipinski definition) is 8. The number of ether oxygens (including phenoxy) is 1. The van der Waals surface area contributed by atoms with E-state index in [0.29, 0.717) is 16.9 Å². The third-order valence-corrected chi connectivity index (χ3v) is 5.68. The van der Waals surface area contributed by atoms with Crippen molar-refractivity contribution in [3.63, 3.8) is 0 Å². The van der Waals surface area contributed by atoms with Crippen LogP contribution >= 0.6 is 0 Å². The van der Waals surface area contributed by atoms with Crippen LogP contribution in [0.5, 0.6) is 11.8 Å². The Morgan fingerprint density at radius 3 is 2.38 bits per heavy atom. The Morgan fingerprint density at radius 2 is 1.71 bits per heavy atom. The maximum atomic E-state index is 13.5. The van der Waals surface area contributed by atoms with Crippen LogP contribution in [0.1, 0.15) is 11.1 Å². The van der Waals surface area contributed by atoms with Crippen molar-refractivity contribution in [2.45, 2.75) is 6.18 Å². The summed E-state index contributed by atoms with van der Waals surface area (Å²) < 4.78 is 60.3. The maximum absolute atomic E-state index is 13.5. The highest BCUT2D eigenvalue weighted by atomic mass is 19.4. The molecule has 0 bridgehead atoms. The zero-order valence-electron chi connectivity index (χ0n) is 21.1. The Balaban J connectivity index is 1.26. The van der Waals surface area contributed by atoms with Crippen molar-refractivity contribution in [2.24, 2.45) is 0 Å². The van der Waals surface area contributed by atoms with Crippen molar-refractivity contribution >= 4 is 23.2 Å². The average molecular weight is 575 g/mol. The number of amides is 2. The molecule has 15 heteroatoms. The third kappa shape index (κ3) is 6.23. The second-order valence-corrected chi connectivity index (χ2v) is 8.56. The minimum atomic E-state index is -4.67. The second-order valence-electron chi connectivity index (χ2n) is 8.56. The van der Waals surface area contributed by atoms with E-state index in [-0.39, 0.29) is 34.5 Å². The fraction of sp³-hybridized carbons (Fsp3) is 0.0370. The van der Waals surface area contributed by atoms with Crippen LogP contribution in [-0.2, 0) is 6.18 Å². The quantitative estimate of drug-likeness (QED) is 0.215. The van der Waals surface area contributed by atoms with Gasteiger partial charge in [-0.2, -0.15) is 23.5 Å². The van der Waals surface area contributed by atoms with Gasteiger partial charge in [-0.15, -0.1) is 0 Å². The number of nitrogens with one attached hydrogen (secondary N) is 2. The maximum Gasteiger partial charge on any atom is 0.416 e. The molecule has 0 aliphatic rings. The highest BCUT2D eigenvalue weighted by Crippen LogP contribution is 2.33. The molecule has 5 rings (SSSR count). The van der Waals surface area contributed by atoms with Gasteiger partial charge in [-0.3, -0.25) is 0 Å².